The number of unbranched alkanes of at least 4 members (excludes halogenated alkanes) is 19. The summed E-state index contributed by atoms with van der Waals surface area (Å²) in [5.41, 5.74) is 0. The smallest absolute Gasteiger partial charge is 0.306 e. The van der Waals surface area contributed by atoms with E-state index in [0.29, 0.717) is 19.4 Å². The van der Waals surface area contributed by atoms with Crippen molar-refractivity contribution in [3.63, 3.8) is 0 Å². The van der Waals surface area contributed by atoms with Gasteiger partial charge in [-0.15, -0.1) is 0 Å². The van der Waals surface area contributed by atoms with E-state index in [2.05, 4.69) is 118 Å². The van der Waals surface area contributed by atoms with Gasteiger partial charge in [-0.05, 0) is 116 Å². The van der Waals surface area contributed by atoms with Gasteiger partial charge in [0.05, 0.1) is 6.61 Å². The van der Waals surface area contributed by atoms with Gasteiger partial charge in [0.25, 0.3) is 0 Å². The molecule has 0 radical (unpaired) electrons. The van der Waals surface area contributed by atoms with Gasteiger partial charge in [-0.2, -0.15) is 0 Å². The van der Waals surface area contributed by atoms with Crippen LogP contribution in [0.15, 0.2) is 97.2 Å². The van der Waals surface area contributed by atoms with Crippen LogP contribution in [0.2, 0.25) is 0 Å². The van der Waals surface area contributed by atoms with E-state index in [4.69, 9.17) is 14.2 Å². The van der Waals surface area contributed by atoms with Crippen LogP contribution in [0.1, 0.15) is 226 Å². The van der Waals surface area contributed by atoms with Crippen molar-refractivity contribution in [3.05, 3.63) is 97.2 Å². The molecule has 0 fully saturated rings. The van der Waals surface area contributed by atoms with Crippen molar-refractivity contribution in [1.82, 2.24) is 0 Å². The molecular formula is C57H96O5. The topological polar surface area (TPSA) is 61.8 Å². The molecular weight excluding hydrogens is 765 g/mol. The van der Waals surface area contributed by atoms with Crippen molar-refractivity contribution in [3.8, 4) is 0 Å². The Balaban J connectivity index is 4.36. The molecule has 0 bridgehead atoms. The first kappa shape index (κ1) is 58.8. The zero-order valence-corrected chi connectivity index (χ0v) is 40.6. The van der Waals surface area contributed by atoms with E-state index in [1.807, 2.05) is 0 Å². The van der Waals surface area contributed by atoms with Crippen LogP contribution >= 0.6 is 0 Å². The summed E-state index contributed by atoms with van der Waals surface area (Å²) < 4.78 is 17.4. The SMILES string of the molecule is CC/C=C\C/C=C\C/C=C\C/C=C\CCCCCOCC(COC(=O)CCCCCCCCC/C=C\C/C=C\C/C=C\CC)OC(=O)CCCCCCC/C=C\CCCCCC. The van der Waals surface area contributed by atoms with E-state index in [1.165, 1.54) is 70.6 Å². The highest BCUT2D eigenvalue weighted by molar-refractivity contribution is 5.70. The molecule has 0 aliphatic heterocycles. The van der Waals surface area contributed by atoms with Crippen molar-refractivity contribution < 1.29 is 23.8 Å². The fraction of sp³-hybridized carbons (Fsp3) is 0.684. The highest BCUT2D eigenvalue weighted by atomic mass is 16.6. The summed E-state index contributed by atoms with van der Waals surface area (Å²) in [4.78, 5) is 25.4. The molecule has 1 unspecified atom stereocenters. The van der Waals surface area contributed by atoms with Gasteiger partial charge in [0, 0.05) is 19.4 Å². The quantitative estimate of drug-likeness (QED) is 0.0347. The first-order valence-electron chi connectivity index (χ1n) is 25.8. The Morgan fingerprint density at radius 3 is 1.18 bits per heavy atom. The third-order valence-corrected chi connectivity index (χ3v) is 10.6. The molecule has 0 rings (SSSR count). The molecule has 0 aromatic carbocycles. The molecule has 0 aromatic rings. The molecule has 0 spiro atoms. The lowest BCUT2D eigenvalue weighted by Crippen LogP contribution is -2.30. The number of allylic oxidation sites excluding steroid dienone is 16. The predicted octanol–water partition coefficient (Wildman–Crippen LogP) is 17.5. The van der Waals surface area contributed by atoms with Crippen LogP contribution in [0.5, 0.6) is 0 Å². The minimum atomic E-state index is -0.566. The molecule has 0 amide bonds. The van der Waals surface area contributed by atoms with Crippen molar-refractivity contribution in [2.45, 2.75) is 232 Å². The van der Waals surface area contributed by atoms with E-state index in [1.54, 1.807) is 0 Å². The van der Waals surface area contributed by atoms with Crippen molar-refractivity contribution in [2.75, 3.05) is 19.8 Å². The van der Waals surface area contributed by atoms with Crippen LogP contribution in [0.3, 0.4) is 0 Å². The van der Waals surface area contributed by atoms with E-state index < -0.39 is 6.10 Å². The molecule has 0 aliphatic carbocycles. The van der Waals surface area contributed by atoms with Gasteiger partial charge in [0.15, 0.2) is 6.10 Å². The Kier molecular flexibility index (Phi) is 49.5. The number of esters is 2. The van der Waals surface area contributed by atoms with Crippen LogP contribution in [0, 0.1) is 0 Å². The lowest BCUT2D eigenvalue weighted by molar-refractivity contribution is -0.163. The number of carbonyl (C=O) groups excluding carboxylic acids is 2. The highest BCUT2D eigenvalue weighted by Crippen LogP contribution is 2.13. The maximum atomic E-state index is 12.8. The van der Waals surface area contributed by atoms with Gasteiger partial charge >= 0.3 is 11.9 Å². The minimum Gasteiger partial charge on any atom is -0.462 e. The lowest BCUT2D eigenvalue weighted by atomic mass is 10.1. The third-order valence-electron chi connectivity index (χ3n) is 10.6. The Bertz CT molecular complexity index is 1200. The van der Waals surface area contributed by atoms with Crippen LogP contribution in [0.25, 0.3) is 0 Å². The van der Waals surface area contributed by atoms with Gasteiger partial charge in [-0.25, -0.2) is 0 Å². The normalized spacial score (nSPS) is 13.0. The van der Waals surface area contributed by atoms with Gasteiger partial charge in [0.2, 0.25) is 0 Å². The lowest BCUT2D eigenvalue weighted by Gasteiger charge is -2.18. The Labute approximate surface area is 383 Å². The van der Waals surface area contributed by atoms with Crippen molar-refractivity contribution in [1.29, 1.82) is 0 Å². The Hall–Kier alpha value is -3.18. The summed E-state index contributed by atoms with van der Waals surface area (Å²) in [6.45, 7) is 7.50. The maximum Gasteiger partial charge on any atom is 0.306 e. The van der Waals surface area contributed by atoms with Crippen LogP contribution in [0.4, 0.5) is 0 Å². The summed E-state index contributed by atoms with van der Waals surface area (Å²) in [7, 11) is 0. The zero-order chi connectivity index (χ0) is 44.9. The molecule has 0 N–H and O–H groups in total. The largest absolute Gasteiger partial charge is 0.462 e. The Morgan fingerprint density at radius 1 is 0.371 bits per heavy atom. The molecule has 0 saturated heterocycles. The number of ether oxygens (including phenoxy) is 3. The van der Waals surface area contributed by atoms with Gasteiger partial charge in [0.1, 0.15) is 6.61 Å². The standard InChI is InChI=1S/C57H96O5/c1-4-7-10-13-16-19-22-25-27-29-30-33-35-38-41-44-47-50-56(58)61-54-55(62-57(59)51-48-45-42-39-36-32-24-21-18-15-12-9-6-3)53-60-52-49-46-43-40-37-34-31-28-26-23-20-17-14-11-8-5-2/h7-8,10-11,16-17,19-21,24-28,34,37,55H,4-6,9,12-15,18,22-23,29-33,35-36,38-54H2,1-3H3/b10-7-,11-8-,19-16-,20-17-,24-21-,27-25-,28-26-,37-34-. The molecule has 0 saturated carbocycles. The fourth-order valence-electron chi connectivity index (χ4n) is 6.80. The number of rotatable bonds is 46. The summed E-state index contributed by atoms with van der Waals surface area (Å²) in [5.74, 6) is -0.440. The molecule has 5 nitrogen and oxygen atoms in total. The predicted molar refractivity (Wildman–Crippen MR) is 270 cm³/mol. The van der Waals surface area contributed by atoms with Crippen molar-refractivity contribution >= 4 is 11.9 Å². The summed E-state index contributed by atoms with van der Waals surface area (Å²) >= 11 is 0. The monoisotopic (exact) mass is 861 g/mol. The number of hydrogen-bond donors (Lipinski definition) is 0. The molecule has 354 valence electrons. The van der Waals surface area contributed by atoms with E-state index in [0.717, 1.165) is 122 Å². The summed E-state index contributed by atoms with van der Waals surface area (Å²) in [6, 6.07) is 0. The van der Waals surface area contributed by atoms with Crippen LogP contribution in [-0.4, -0.2) is 37.9 Å². The average molecular weight is 861 g/mol. The summed E-state index contributed by atoms with van der Waals surface area (Å²) in [5, 5.41) is 0. The second-order valence-corrected chi connectivity index (χ2v) is 16.7. The van der Waals surface area contributed by atoms with E-state index >= 15 is 0 Å². The molecule has 5 heteroatoms. The highest BCUT2D eigenvalue weighted by Gasteiger charge is 2.17. The third kappa shape index (κ3) is 49.5. The second kappa shape index (κ2) is 52.2. The van der Waals surface area contributed by atoms with Gasteiger partial charge < -0.3 is 14.2 Å². The number of hydrogen-bond acceptors (Lipinski definition) is 5. The molecule has 62 heavy (non-hydrogen) atoms. The Morgan fingerprint density at radius 2 is 0.726 bits per heavy atom. The first-order valence-corrected chi connectivity index (χ1v) is 25.8. The second-order valence-electron chi connectivity index (χ2n) is 16.7. The van der Waals surface area contributed by atoms with Gasteiger partial charge in [-0.3, -0.25) is 9.59 Å². The van der Waals surface area contributed by atoms with E-state index in [9.17, 15) is 9.59 Å². The van der Waals surface area contributed by atoms with E-state index in [-0.39, 0.29) is 25.2 Å². The molecule has 0 heterocycles. The van der Waals surface area contributed by atoms with Crippen LogP contribution < -0.4 is 0 Å². The fourth-order valence-corrected chi connectivity index (χ4v) is 6.80. The summed E-state index contributed by atoms with van der Waals surface area (Å²) in [6.07, 6.45) is 69.9. The molecule has 1 atom stereocenters. The average Bonchev–Trinajstić information content (AvgIpc) is 3.27. The van der Waals surface area contributed by atoms with Gasteiger partial charge in [-0.1, -0.05) is 195 Å². The van der Waals surface area contributed by atoms with Crippen molar-refractivity contribution in [2.24, 2.45) is 0 Å². The molecule has 0 aliphatic rings. The minimum absolute atomic E-state index is 0.0591. The zero-order valence-electron chi connectivity index (χ0n) is 40.6. The van der Waals surface area contributed by atoms with Crippen LogP contribution in [-0.2, 0) is 23.8 Å². The molecule has 0 aromatic heterocycles. The first-order chi connectivity index (χ1) is 30.6. The maximum absolute atomic E-state index is 12.8. The number of carbonyl (C=O) groups is 2.